The second-order valence-corrected chi connectivity index (χ2v) is 4.75. The van der Waals surface area contributed by atoms with Crippen molar-refractivity contribution in [1.82, 2.24) is 19.3 Å². The number of methoxy groups -OCH3 is 1. The molecule has 0 radical (unpaired) electrons. The van der Waals surface area contributed by atoms with Crippen molar-refractivity contribution in [3.8, 4) is 11.4 Å². The minimum atomic E-state index is -0.0627. The van der Waals surface area contributed by atoms with Crippen LogP contribution < -0.4 is 5.56 Å². The molecule has 2 rings (SSSR count). The highest BCUT2D eigenvalue weighted by Crippen LogP contribution is 2.12. The Balaban J connectivity index is 2.40. The van der Waals surface area contributed by atoms with E-state index in [0.717, 1.165) is 6.42 Å². The number of aromatic nitrogens is 4. The summed E-state index contributed by atoms with van der Waals surface area (Å²) in [7, 11) is 1.65. The van der Waals surface area contributed by atoms with E-state index in [1.807, 2.05) is 17.6 Å². The smallest absolute Gasteiger partial charge is 0.261 e. The van der Waals surface area contributed by atoms with Gasteiger partial charge in [-0.2, -0.15) is 5.10 Å². The van der Waals surface area contributed by atoms with Crippen molar-refractivity contribution in [3.05, 3.63) is 33.5 Å². The average Bonchev–Trinajstić information content (AvgIpc) is 2.82. The standard InChI is InChI=1S/C13H18N4O2S/c1-3-17-11(14-15-13(17)20)10-6-4-7-16(12(10)18)8-5-9-19-2/h4,6-7H,3,5,8-9H2,1-2H3,(H,15,20). The van der Waals surface area contributed by atoms with E-state index in [-0.39, 0.29) is 5.56 Å². The quantitative estimate of drug-likeness (QED) is 0.652. The predicted octanol–water partition coefficient (Wildman–Crippen LogP) is 1.83. The molecule has 0 amide bonds. The number of rotatable bonds is 6. The molecule has 0 aliphatic carbocycles. The largest absolute Gasteiger partial charge is 0.385 e. The van der Waals surface area contributed by atoms with Crippen LogP contribution in [0, 0.1) is 4.77 Å². The molecule has 0 saturated heterocycles. The van der Waals surface area contributed by atoms with Gasteiger partial charge in [0.1, 0.15) is 0 Å². The lowest BCUT2D eigenvalue weighted by atomic mass is 10.2. The summed E-state index contributed by atoms with van der Waals surface area (Å²) < 4.78 is 9.02. The molecule has 0 atom stereocenters. The molecule has 0 aromatic carbocycles. The van der Waals surface area contributed by atoms with Crippen molar-refractivity contribution in [2.45, 2.75) is 26.4 Å². The maximum absolute atomic E-state index is 12.5. The van der Waals surface area contributed by atoms with Crippen molar-refractivity contribution in [3.63, 3.8) is 0 Å². The van der Waals surface area contributed by atoms with Gasteiger partial charge in [-0.3, -0.25) is 9.89 Å². The number of pyridine rings is 1. The Kier molecular flexibility index (Phi) is 4.86. The van der Waals surface area contributed by atoms with E-state index in [0.29, 0.717) is 35.9 Å². The molecule has 0 spiro atoms. The number of ether oxygens (including phenoxy) is 1. The second kappa shape index (κ2) is 6.62. The number of aromatic amines is 1. The lowest BCUT2D eigenvalue weighted by molar-refractivity contribution is 0.190. The van der Waals surface area contributed by atoms with Gasteiger partial charge in [-0.1, -0.05) is 0 Å². The molecule has 2 heterocycles. The number of nitrogens with zero attached hydrogens (tertiary/aromatic N) is 3. The molecule has 108 valence electrons. The number of hydrogen-bond donors (Lipinski definition) is 1. The molecule has 0 unspecified atom stereocenters. The maximum atomic E-state index is 12.5. The van der Waals surface area contributed by atoms with Gasteiger partial charge in [0.05, 0.1) is 5.56 Å². The summed E-state index contributed by atoms with van der Waals surface area (Å²) in [6.45, 7) is 3.89. The van der Waals surface area contributed by atoms with E-state index in [4.69, 9.17) is 17.0 Å². The molecule has 2 aromatic heterocycles. The first-order chi connectivity index (χ1) is 9.69. The lowest BCUT2D eigenvalue weighted by Gasteiger charge is -2.08. The minimum absolute atomic E-state index is 0.0627. The Hall–Kier alpha value is -1.73. The summed E-state index contributed by atoms with van der Waals surface area (Å²) >= 11 is 5.15. The van der Waals surface area contributed by atoms with E-state index in [1.54, 1.807) is 23.9 Å². The molecule has 20 heavy (non-hydrogen) atoms. The number of aryl methyl sites for hydroxylation is 1. The highest BCUT2D eigenvalue weighted by atomic mass is 32.1. The molecule has 6 nitrogen and oxygen atoms in total. The van der Waals surface area contributed by atoms with Gasteiger partial charge in [0.25, 0.3) is 5.56 Å². The minimum Gasteiger partial charge on any atom is -0.385 e. The maximum Gasteiger partial charge on any atom is 0.261 e. The van der Waals surface area contributed by atoms with Gasteiger partial charge in [-0.05, 0) is 37.7 Å². The van der Waals surface area contributed by atoms with Crippen molar-refractivity contribution in [1.29, 1.82) is 0 Å². The molecular formula is C13H18N4O2S. The van der Waals surface area contributed by atoms with E-state index >= 15 is 0 Å². The van der Waals surface area contributed by atoms with Gasteiger partial charge in [0, 0.05) is 33.0 Å². The molecule has 0 fully saturated rings. The van der Waals surface area contributed by atoms with Crippen LogP contribution >= 0.6 is 12.2 Å². The van der Waals surface area contributed by atoms with Gasteiger partial charge in [0.15, 0.2) is 10.6 Å². The van der Waals surface area contributed by atoms with E-state index < -0.39 is 0 Å². The number of H-pyrrole nitrogens is 1. The molecule has 2 aromatic rings. The zero-order chi connectivity index (χ0) is 14.5. The summed E-state index contributed by atoms with van der Waals surface area (Å²) in [5.41, 5.74) is 0.492. The van der Waals surface area contributed by atoms with Crippen molar-refractivity contribution >= 4 is 12.2 Å². The van der Waals surface area contributed by atoms with Crippen molar-refractivity contribution in [2.75, 3.05) is 13.7 Å². The van der Waals surface area contributed by atoms with E-state index in [1.165, 1.54) is 0 Å². The van der Waals surface area contributed by atoms with Crippen molar-refractivity contribution < 1.29 is 4.74 Å². The van der Waals surface area contributed by atoms with E-state index in [2.05, 4.69) is 10.2 Å². The van der Waals surface area contributed by atoms with Crippen LogP contribution in [0.5, 0.6) is 0 Å². The Bertz CT molecular complexity index is 686. The zero-order valence-corrected chi connectivity index (χ0v) is 12.4. The van der Waals surface area contributed by atoms with Gasteiger partial charge >= 0.3 is 0 Å². The van der Waals surface area contributed by atoms with Crippen LogP contribution in [0.4, 0.5) is 0 Å². The third kappa shape index (κ3) is 2.88. The summed E-state index contributed by atoms with van der Waals surface area (Å²) in [6.07, 6.45) is 2.57. The van der Waals surface area contributed by atoms with Crippen LogP contribution in [0.2, 0.25) is 0 Å². The van der Waals surface area contributed by atoms with Crippen LogP contribution in [0.3, 0.4) is 0 Å². The van der Waals surface area contributed by atoms with Gasteiger partial charge in [-0.15, -0.1) is 0 Å². The molecule has 1 N–H and O–H groups in total. The highest BCUT2D eigenvalue weighted by molar-refractivity contribution is 7.71. The Morgan fingerprint density at radius 1 is 1.50 bits per heavy atom. The normalized spacial score (nSPS) is 10.9. The number of nitrogens with one attached hydrogen (secondary N) is 1. The first-order valence-corrected chi connectivity index (χ1v) is 6.93. The average molecular weight is 294 g/mol. The monoisotopic (exact) mass is 294 g/mol. The van der Waals surface area contributed by atoms with Crippen molar-refractivity contribution in [2.24, 2.45) is 0 Å². The molecular weight excluding hydrogens is 276 g/mol. The second-order valence-electron chi connectivity index (χ2n) is 4.36. The van der Waals surface area contributed by atoms with Crippen LogP contribution in [0.1, 0.15) is 13.3 Å². The van der Waals surface area contributed by atoms with Crippen LogP contribution in [-0.4, -0.2) is 33.0 Å². The van der Waals surface area contributed by atoms with Gasteiger partial charge in [-0.25, -0.2) is 0 Å². The molecule has 0 aliphatic heterocycles. The fourth-order valence-corrected chi connectivity index (χ4v) is 2.34. The topological polar surface area (TPSA) is 64.8 Å². The van der Waals surface area contributed by atoms with Gasteiger partial charge in [0.2, 0.25) is 0 Å². The molecule has 7 heteroatoms. The van der Waals surface area contributed by atoms with Crippen LogP contribution in [0.15, 0.2) is 23.1 Å². The van der Waals surface area contributed by atoms with Crippen LogP contribution in [0.25, 0.3) is 11.4 Å². The third-order valence-corrected chi connectivity index (χ3v) is 3.39. The van der Waals surface area contributed by atoms with Crippen LogP contribution in [-0.2, 0) is 17.8 Å². The summed E-state index contributed by atoms with van der Waals surface area (Å²) in [6, 6.07) is 3.62. The SMILES string of the molecule is CCn1c(-c2cccn(CCCOC)c2=O)n[nH]c1=S. The van der Waals surface area contributed by atoms with E-state index in [9.17, 15) is 4.79 Å². The predicted molar refractivity (Wildman–Crippen MR) is 79.3 cm³/mol. The summed E-state index contributed by atoms with van der Waals surface area (Å²) in [5, 5.41) is 6.90. The molecule has 0 aliphatic rings. The Morgan fingerprint density at radius 2 is 2.30 bits per heavy atom. The Labute approximate surface area is 122 Å². The third-order valence-electron chi connectivity index (χ3n) is 3.08. The zero-order valence-electron chi connectivity index (χ0n) is 11.6. The first-order valence-electron chi connectivity index (χ1n) is 6.53. The van der Waals surface area contributed by atoms with Gasteiger partial charge < -0.3 is 13.9 Å². The lowest BCUT2D eigenvalue weighted by Crippen LogP contribution is -2.22. The summed E-state index contributed by atoms with van der Waals surface area (Å²) in [5.74, 6) is 0.587. The number of hydrogen-bond acceptors (Lipinski definition) is 4. The first kappa shape index (κ1) is 14.7. The highest BCUT2D eigenvalue weighted by Gasteiger charge is 2.12. The Morgan fingerprint density at radius 3 is 3.00 bits per heavy atom. The fraction of sp³-hybridized carbons (Fsp3) is 0.462. The molecule has 0 saturated carbocycles. The molecule has 0 bridgehead atoms. The summed E-state index contributed by atoms with van der Waals surface area (Å²) in [4.78, 5) is 12.5. The fourth-order valence-electron chi connectivity index (χ4n) is 2.08.